The van der Waals surface area contributed by atoms with Crippen molar-refractivity contribution in [3.8, 4) is 5.75 Å². The van der Waals surface area contributed by atoms with E-state index in [1.807, 2.05) is 0 Å². The normalized spacial score (nSPS) is 10.8. The summed E-state index contributed by atoms with van der Waals surface area (Å²) in [5, 5.41) is 3.49. The van der Waals surface area contributed by atoms with Crippen molar-refractivity contribution >= 4 is 40.5 Å². The van der Waals surface area contributed by atoms with Crippen LogP contribution in [0, 0.1) is 5.82 Å². The number of hydrazine groups is 1. The number of nitrogens with one attached hydrogen (secondary N) is 3. The van der Waals surface area contributed by atoms with Crippen LogP contribution in [0.2, 0.25) is 5.02 Å². The molecule has 0 bridgehead atoms. The van der Waals surface area contributed by atoms with Crippen LogP contribution >= 0.6 is 23.8 Å². The van der Waals surface area contributed by atoms with E-state index in [0.29, 0.717) is 16.5 Å². The number of thiocarbonyl (C=S) groups is 1. The molecule has 0 fully saturated rings. The van der Waals surface area contributed by atoms with E-state index in [-0.39, 0.29) is 16.8 Å². The number of carbonyl (C=O) groups is 1. The topological polar surface area (TPSA) is 62.4 Å². The number of ether oxygens (including phenoxy) is 1. The Labute approximate surface area is 161 Å². The van der Waals surface area contributed by atoms with Crippen LogP contribution in [0.1, 0.15) is 19.4 Å². The second-order valence-corrected chi connectivity index (χ2v) is 6.83. The van der Waals surface area contributed by atoms with E-state index in [1.165, 1.54) is 31.4 Å². The molecule has 0 radical (unpaired) electrons. The molecular formula is C18H19ClFN3O2S. The first kappa shape index (κ1) is 19.9. The van der Waals surface area contributed by atoms with Gasteiger partial charge in [0.15, 0.2) is 5.11 Å². The summed E-state index contributed by atoms with van der Waals surface area (Å²) in [5.74, 6) is -0.153. The van der Waals surface area contributed by atoms with E-state index in [0.717, 1.165) is 5.56 Å². The average Bonchev–Trinajstić information content (AvgIpc) is 2.61. The summed E-state index contributed by atoms with van der Waals surface area (Å²) >= 11 is 11.1. The molecule has 5 nitrogen and oxygen atoms in total. The number of hydrogen-bond donors (Lipinski definition) is 3. The molecule has 0 aromatic heterocycles. The zero-order valence-electron chi connectivity index (χ0n) is 14.5. The number of halogens is 2. The highest BCUT2D eigenvalue weighted by molar-refractivity contribution is 7.80. The maximum atomic E-state index is 12.9. The summed E-state index contributed by atoms with van der Waals surface area (Å²) < 4.78 is 18.1. The van der Waals surface area contributed by atoms with Crippen LogP contribution < -0.4 is 20.9 Å². The van der Waals surface area contributed by atoms with E-state index in [2.05, 4.69) is 16.2 Å². The van der Waals surface area contributed by atoms with Gasteiger partial charge in [-0.25, -0.2) is 4.39 Å². The van der Waals surface area contributed by atoms with Gasteiger partial charge in [-0.15, -0.1) is 0 Å². The Hall–Kier alpha value is -2.38. The van der Waals surface area contributed by atoms with Crippen molar-refractivity contribution in [1.29, 1.82) is 0 Å². The summed E-state index contributed by atoms with van der Waals surface area (Å²) in [5.41, 5.74) is 5.66. The Morgan fingerprint density at radius 2 is 1.81 bits per heavy atom. The van der Waals surface area contributed by atoms with Gasteiger partial charge in [-0.05, 0) is 68.0 Å². The lowest BCUT2D eigenvalue weighted by Gasteiger charge is -2.25. The lowest BCUT2D eigenvalue weighted by Crippen LogP contribution is -2.50. The van der Waals surface area contributed by atoms with Gasteiger partial charge in [0.25, 0.3) is 0 Å². The van der Waals surface area contributed by atoms with E-state index >= 15 is 0 Å². The van der Waals surface area contributed by atoms with Crippen LogP contribution in [0.25, 0.3) is 0 Å². The van der Waals surface area contributed by atoms with E-state index < -0.39 is 5.41 Å². The van der Waals surface area contributed by atoms with Crippen molar-refractivity contribution in [2.45, 2.75) is 19.3 Å². The standard InChI is InChI=1S/C18H19ClFN3O2S/c1-18(2,11-4-9-14(19)15(10-11)25-3)16(24)22-23-17(26)21-13-7-5-12(20)6-8-13/h4-10H,1-3H3,(H,22,24)(H2,21,23,26). The molecular weight excluding hydrogens is 377 g/mol. The quantitative estimate of drug-likeness (QED) is 0.543. The zero-order chi connectivity index (χ0) is 19.3. The number of carbonyl (C=O) groups excluding carboxylic acids is 1. The predicted octanol–water partition coefficient (Wildman–Crippen LogP) is 3.78. The summed E-state index contributed by atoms with van der Waals surface area (Å²) in [7, 11) is 1.51. The van der Waals surface area contributed by atoms with Crippen molar-refractivity contribution in [3.63, 3.8) is 0 Å². The zero-order valence-corrected chi connectivity index (χ0v) is 16.1. The van der Waals surface area contributed by atoms with Crippen LogP contribution in [-0.4, -0.2) is 18.1 Å². The second kappa shape index (κ2) is 8.33. The Bertz CT molecular complexity index is 813. The van der Waals surface area contributed by atoms with Gasteiger partial charge in [0.05, 0.1) is 17.5 Å². The minimum absolute atomic E-state index is 0.175. The van der Waals surface area contributed by atoms with Gasteiger partial charge in [0.1, 0.15) is 11.6 Å². The molecule has 138 valence electrons. The largest absolute Gasteiger partial charge is 0.495 e. The van der Waals surface area contributed by atoms with Gasteiger partial charge in [-0.2, -0.15) is 0 Å². The fraction of sp³-hybridized carbons (Fsp3) is 0.222. The highest BCUT2D eigenvalue weighted by Crippen LogP contribution is 2.31. The molecule has 0 atom stereocenters. The fourth-order valence-corrected chi connectivity index (χ4v) is 2.51. The van der Waals surface area contributed by atoms with Crippen LogP contribution in [0.5, 0.6) is 5.75 Å². The number of amides is 1. The number of benzene rings is 2. The van der Waals surface area contributed by atoms with Gasteiger partial charge < -0.3 is 10.1 Å². The third kappa shape index (κ3) is 4.83. The second-order valence-electron chi connectivity index (χ2n) is 6.01. The highest BCUT2D eigenvalue weighted by atomic mass is 35.5. The smallest absolute Gasteiger partial charge is 0.248 e. The summed E-state index contributed by atoms with van der Waals surface area (Å²) in [6, 6.07) is 10.8. The molecule has 0 heterocycles. The first-order valence-corrected chi connectivity index (χ1v) is 8.49. The van der Waals surface area contributed by atoms with Crippen molar-refractivity contribution in [2.24, 2.45) is 0 Å². The molecule has 0 aliphatic heterocycles. The highest BCUT2D eigenvalue weighted by Gasteiger charge is 2.30. The Balaban J connectivity index is 1.99. The number of rotatable bonds is 4. The van der Waals surface area contributed by atoms with E-state index in [4.69, 9.17) is 28.6 Å². The van der Waals surface area contributed by atoms with Crippen molar-refractivity contribution in [3.05, 3.63) is 58.9 Å². The molecule has 3 N–H and O–H groups in total. The van der Waals surface area contributed by atoms with Gasteiger partial charge in [0.2, 0.25) is 5.91 Å². The SMILES string of the molecule is COc1cc(C(C)(C)C(=O)NNC(=S)Nc2ccc(F)cc2)ccc1Cl. The summed E-state index contributed by atoms with van der Waals surface area (Å²) in [6.45, 7) is 3.53. The Morgan fingerprint density at radius 1 is 1.15 bits per heavy atom. The van der Waals surface area contributed by atoms with Crippen LogP contribution in [0.4, 0.5) is 10.1 Å². The minimum Gasteiger partial charge on any atom is -0.495 e. The molecule has 0 spiro atoms. The minimum atomic E-state index is -0.865. The molecule has 0 aliphatic carbocycles. The molecule has 8 heteroatoms. The molecule has 2 aromatic rings. The molecule has 2 rings (SSSR count). The van der Waals surface area contributed by atoms with E-state index in [9.17, 15) is 9.18 Å². The van der Waals surface area contributed by atoms with Gasteiger partial charge in [-0.1, -0.05) is 17.7 Å². The maximum absolute atomic E-state index is 12.9. The predicted molar refractivity (Wildman–Crippen MR) is 105 cm³/mol. The lowest BCUT2D eigenvalue weighted by molar-refractivity contribution is -0.126. The van der Waals surface area contributed by atoms with Gasteiger partial charge >= 0.3 is 0 Å². The molecule has 2 aromatic carbocycles. The molecule has 26 heavy (non-hydrogen) atoms. The van der Waals surface area contributed by atoms with Gasteiger partial charge in [-0.3, -0.25) is 15.6 Å². The molecule has 0 aliphatic rings. The molecule has 0 saturated carbocycles. The van der Waals surface area contributed by atoms with Crippen LogP contribution in [-0.2, 0) is 10.2 Å². The van der Waals surface area contributed by atoms with Crippen molar-refractivity contribution in [1.82, 2.24) is 10.9 Å². The first-order chi connectivity index (χ1) is 12.2. The fourth-order valence-electron chi connectivity index (χ4n) is 2.14. The van der Waals surface area contributed by atoms with E-state index in [1.54, 1.807) is 32.0 Å². The molecule has 1 amide bonds. The Morgan fingerprint density at radius 3 is 2.42 bits per heavy atom. The number of anilines is 1. The monoisotopic (exact) mass is 395 g/mol. The average molecular weight is 396 g/mol. The third-order valence-electron chi connectivity index (χ3n) is 3.83. The van der Waals surface area contributed by atoms with Crippen LogP contribution in [0.3, 0.4) is 0 Å². The number of methoxy groups -OCH3 is 1. The Kier molecular flexibility index (Phi) is 6.39. The van der Waals surface area contributed by atoms with Crippen molar-refractivity contribution in [2.75, 3.05) is 12.4 Å². The summed E-state index contributed by atoms with van der Waals surface area (Å²) in [6.07, 6.45) is 0. The third-order valence-corrected chi connectivity index (χ3v) is 4.35. The first-order valence-electron chi connectivity index (χ1n) is 7.71. The van der Waals surface area contributed by atoms with Crippen LogP contribution in [0.15, 0.2) is 42.5 Å². The lowest BCUT2D eigenvalue weighted by atomic mass is 9.84. The summed E-state index contributed by atoms with van der Waals surface area (Å²) in [4.78, 5) is 12.6. The number of hydrogen-bond acceptors (Lipinski definition) is 3. The van der Waals surface area contributed by atoms with Crippen molar-refractivity contribution < 1.29 is 13.9 Å². The molecule has 0 saturated heterocycles. The maximum Gasteiger partial charge on any atom is 0.248 e. The molecule has 0 unspecified atom stereocenters. The van der Waals surface area contributed by atoms with Gasteiger partial charge in [0, 0.05) is 5.69 Å².